The van der Waals surface area contributed by atoms with Crippen LogP contribution in [0.4, 0.5) is 19.0 Å². The number of rotatable bonds is 3. The van der Waals surface area contributed by atoms with Crippen molar-refractivity contribution in [1.29, 1.82) is 0 Å². The Kier molecular flexibility index (Phi) is 4.42. The molecule has 28 heavy (non-hydrogen) atoms. The van der Waals surface area contributed by atoms with Crippen molar-refractivity contribution in [1.82, 2.24) is 14.8 Å². The average Bonchev–Trinajstić information content (AvgIpc) is 3.25. The van der Waals surface area contributed by atoms with E-state index in [0.717, 1.165) is 23.9 Å². The van der Waals surface area contributed by atoms with Gasteiger partial charge in [-0.15, -0.1) is 0 Å². The lowest BCUT2D eigenvalue weighted by Crippen LogP contribution is -2.41. The molecule has 5 atom stereocenters. The fraction of sp³-hybridized carbons (Fsp3) is 0.500. The predicted octanol–water partition coefficient (Wildman–Crippen LogP) is 2.01. The Balaban J connectivity index is 1.62. The second-order valence-corrected chi connectivity index (χ2v) is 7.25. The van der Waals surface area contributed by atoms with Crippen LogP contribution in [0.2, 0.25) is 0 Å². The highest BCUT2D eigenvalue weighted by atomic mass is 19.4. The molecule has 4 heterocycles. The van der Waals surface area contributed by atoms with E-state index in [1.807, 2.05) is 0 Å². The van der Waals surface area contributed by atoms with Gasteiger partial charge in [-0.25, -0.2) is 4.98 Å². The molecule has 0 spiro atoms. The molecule has 4 rings (SSSR count). The largest absolute Gasteiger partial charge is 0.416 e. The first-order valence-electron chi connectivity index (χ1n) is 8.83. The second kappa shape index (κ2) is 6.56. The van der Waals surface area contributed by atoms with E-state index in [-0.39, 0.29) is 5.82 Å². The molecule has 2 aliphatic heterocycles. The molecule has 0 saturated carbocycles. The van der Waals surface area contributed by atoms with Crippen LogP contribution in [-0.2, 0) is 22.8 Å². The highest BCUT2D eigenvalue weighted by molar-refractivity contribution is 5.93. The molecule has 0 aromatic carbocycles. The molecular formula is C18H19F3N4O3. The number of alkyl halides is 3. The fourth-order valence-electron chi connectivity index (χ4n) is 4.24. The molecule has 2 fully saturated rings. The number of pyridine rings is 1. The Labute approximate surface area is 158 Å². The van der Waals surface area contributed by atoms with Gasteiger partial charge in [-0.3, -0.25) is 9.48 Å². The summed E-state index contributed by atoms with van der Waals surface area (Å²) < 4.78 is 46.1. The van der Waals surface area contributed by atoms with Gasteiger partial charge in [-0.1, -0.05) is 0 Å². The summed E-state index contributed by atoms with van der Waals surface area (Å²) in [6, 6.07) is 1.64. The van der Waals surface area contributed by atoms with Gasteiger partial charge in [-0.05, 0) is 24.6 Å². The molecule has 2 aliphatic rings. The summed E-state index contributed by atoms with van der Waals surface area (Å²) in [5.41, 5.74) is 0.605. The molecule has 0 aliphatic carbocycles. The number of nitrogens with one attached hydrogen (secondary N) is 1. The summed E-state index contributed by atoms with van der Waals surface area (Å²) in [5, 5.41) is 17.0. The van der Waals surface area contributed by atoms with Crippen LogP contribution in [0.25, 0.3) is 0 Å². The van der Waals surface area contributed by atoms with Crippen LogP contribution < -0.4 is 5.32 Å². The van der Waals surface area contributed by atoms with Gasteiger partial charge in [0, 0.05) is 31.8 Å². The lowest BCUT2D eigenvalue weighted by molar-refractivity contribution is -0.137. The molecule has 2 aromatic heterocycles. The van der Waals surface area contributed by atoms with Gasteiger partial charge in [0.05, 0.1) is 35.5 Å². The lowest BCUT2D eigenvalue weighted by Gasteiger charge is -2.29. The third-order valence-electron chi connectivity index (χ3n) is 5.38. The highest BCUT2D eigenvalue weighted by Crippen LogP contribution is 2.49. The Bertz CT molecular complexity index is 914. The third kappa shape index (κ3) is 3.16. The number of aliphatic hydroxyl groups excluding tert-OH is 1. The molecule has 2 aromatic rings. The minimum absolute atomic E-state index is 0.176. The maximum atomic E-state index is 13.0. The quantitative estimate of drug-likeness (QED) is 0.829. The van der Waals surface area contributed by atoms with Crippen molar-refractivity contribution in [2.75, 3.05) is 5.32 Å². The van der Waals surface area contributed by atoms with E-state index >= 15 is 0 Å². The predicted molar refractivity (Wildman–Crippen MR) is 91.3 cm³/mol. The van der Waals surface area contributed by atoms with Gasteiger partial charge in [0.2, 0.25) is 5.91 Å². The van der Waals surface area contributed by atoms with Gasteiger partial charge in [0.25, 0.3) is 0 Å². The standard InChI is InChI=1S/C18H19F3N4O3/c1-8-10(7-25(2)24-8)14-15(12-6-11(26)16(14)28-12)17(27)23-13-5-9(3-4-22-13)18(19,20)21/h3-5,7,11-12,14-16,26H,6H2,1-2H3,(H,22,23,27)/t11-,12+,14?,15-,16-/m1/s1. The number of ether oxygens (including phenoxy) is 1. The number of nitrogens with zero attached hydrogens (tertiary/aromatic N) is 3. The summed E-state index contributed by atoms with van der Waals surface area (Å²) >= 11 is 0. The Morgan fingerprint density at radius 3 is 2.82 bits per heavy atom. The van der Waals surface area contributed by atoms with Crippen molar-refractivity contribution in [2.24, 2.45) is 13.0 Å². The van der Waals surface area contributed by atoms with Crippen molar-refractivity contribution in [3.63, 3.8) is 0 Å². The van der Waals surface area contributed by atoms with Crippen LogP contribution in [-0.4, -0.2) is 44.1 Å². The lowest BCUT2D eigenvalue weighted by atomic mass is 9.74. The summed E-state index contributed by atoms with van der Waals surface area (Å²) in [5.74, 6) is -1.76. The van der Waals surface area contributed by atoms with Crippen LogP contribution in [0.5, 0.6) is 0 Å². The molecule has 1 amide bonds. The van der Waals surface area contributed by atoms with Crippen LogP contribution in [0.1, 0.15) is 29.2 Å². The van der Waals surface area contributed by atoms with Crippen molar-refractivity contribution in [3.05, 3.63) is 41.3 Å². The smallest absolute Gasteiger partial charge is 0.390 e. The first-order valence-corrected chi connectivity index (χ1v) is 8.83. The molecule has 2 N–H and O–H groups in total. The number of fused-ring (bicyclic) bond motifs is 2. The first-order chi connectivity index (χ1) is 13.1. The van der Waals surface area contributed by atoms with E-state index in [1.54, 1.807) is 24.9 Å². The summed E-state index contributed by atoms with van der Waals surface area (Å²) in [6.07, 6.45) is -3.23. The normalized spacial score (nSPS) is 29.3. The molecule has 2 bridgehead atoms. The molecule has 7 nitrogen and oxygen atoms in total. The first kappa shape index (κ1) is 18.9. The van der Waals surface area contributed by atoms with Crippen LogP contribution >= 0.6 is 0 Å². The second-order valence-electron chi connectivity index (χ2n) is 7.25. The van der Waals surface area contributed by atoms with E-state index < -0.39 is 47.8 Å². The van der Waals surface area contributed by atoms with E-state index in [9.17, 15) is 23.1 Å². The third-order valence-corrected chi connectivity index (χ3v) is 5.38. The van der Waals surface area contributed by atoms with Gasteiger partial charge < -0.3 is 15.2 Å². The molecular weight excluding hydrogens is 377 g/mol. The number of anilines is 1. The maximum absolute atomic E-state index is 13.0. The monoisotopic (exact) mass is 396 g/mol. The summed E-state index contributed by atoms with van der Waals surface area (Å²) in [6.45, 7) is 1.80. The number of aryl methyl sites for hydroxylation is 2. The number of hydrogen-bond acceptors (Lipinski definition) is 5. The zero-order chi connectivity index (χ0) is 20.2. The number of carbonyl (C=O) groups is 1. The van der Waals surface area contributed by atoms with Crippen molar-refractivity contribution >= 4 is 11.7 Å². The maximum Gasteiger partial charge on any atom is 0.416 e. The number of aromatic nitrogens is 3. The zero-order valence-corrected chi connectivity index (χ0v) is 15.1. The zero-order valence-electron chi connectivity index (χ0n) is 15.1. The minimum atomic E-state index is -4.53. The molecule has 0 radical (unpaired) electrons. The molecule has 1 unspecified atom stereocenters. The fourth-order valence-corrected chi connectivity index (χ4v) is 4.24. The van der Waals surface area contributed by atoms with Gasteiger partial charge in [-0.2, -0.15) is 18.3 Å². The molecule has 150 valence electrons. The van der Waals surface area contributed by atoms with E-state index in [1.165, 1.54) is 0 Å². The number of halogens is 3. The Morgan fingerprint density at radius 2 is 2.18 bits per heavy atom. The van der Waals surface area contributed by atoms with Crippen molar-refractivity contribution in [2.45, 2.75) is 43.8 Å². The SMILES string of the molecule is Cc1nn(C)cc1C1[C@@H]2O[C@@H](C[C@H]2O)[C@H]1C(=O)Nc1cc(C(F)(F)F)ccn1. The number of amides is 1. The average molecular weight is 396 g/mol. The Hall–Kier alpha value is -2.46. The van der Waals surface area contributed by atoms with Gasteiger partial charge >= 0.3 is 6.18 Å². The Morgan fingerprint density at radius 1 is 1.43 bits per heavy atom. The minimum Gasteiger partial charge on any atom is -0.390 e. The summed E-state index contributed by atoms with van der Waals surface area (Å²) in [4.78, 5) is 16.8. The van der Waals surface area contributed by atoms with Gasteiger partial charge in [0.1, 0.15) is 5.82 Å². The van der Waals surface area contributed by atoms with Crippen LogP contribution in [0.15, 0.2) is 24.5 Å². The number of hydrogen-bond donors (Lipinski definition) is 2. The van der Waals surface area contributed by atoms with Gasteiger partial charge in [0.15, 0.2) is 0 Å². The van der Waals surface area contributed by atoms with Crippen molar-refractivity contribution < 1.29 is 27.8 Å². The van der Waals surface area contributed by atoms with Crippen LogP contribution in [0, 0.1) is 12.8 Å². The topological polar surface area (TPSA) is 89.3 Å². The van der Waals surface area contributed by atoms with Crippen LogP contribution in [0.3, 0.4) is 0 Å². The number of aliphatic hydroxyl groups is 1. The number of carbonyl (C=O) groups excluding carboxylic acids is 1. The highest BCUT2D eigenvalue weighted by Gasteiger charge is 2.57. The van der Waals surface area contributed by atoms with E-state index in [0.29, 0.717) is 12.1 Å². The van der Waals surface area contributed by atoms with Crippen molar-refractivity contribution in [3.8, 4) is 0 Å². The summed E-state index contributed by atoms with van der Waals surface area (Å²) in [7, 11) is 1.75. The van der Waals surface area contributed by atoms with E-state index in [4.69, 9.17) is 4.74 Å². The van der Waals surface area contributed by atoms with E-state index in [2.05, 4.69) is 15.4 Å². The molecule has 2 saturated heterocycles. The molecule has 10 heteroatoms.